The first kappa shape index (κ1) is 27.9. The molecule has 1 unspecified atom stereocenters. The van der Waals surface area contributed by atoms with Crippen molar-refractivity contribution in [2.75, 3.05) is 24.7 Å². The molecule has 2 aliphatic heterocycles. The highest BCUT2D eigenvalue weighted by molar-refractivity contribution is 6.10. The van der Waals surface area contributed by atoms with Crippen LogP contribution in [-0.4, -0.2) is 52.1 Å². The van der Waals surface area contributed by atoms with Gasteiger partial charge in [0.05, 0.1) is 38.0 Å². The third kappa shape index (κ3) is 5.62. The number of hydrogen-bond acceptors (Lipinski definition) is 6. The van der Waals surface area contributed by atoms with E-state index >= 15 is 0 Å². The van der Waals surface area contributed by atoms with E-state index in [0.29, 0.717) is 37.5 Å². The van der Waals surface area contributed by atoms with Crippen LogP contribution in [0.15, 0.2) is 42.7 Å². The molecule has 218 valence electrons. The van der Waals surface area contributed by atoms with Gasteiger partial charge in [-0.3, -0.25) is 4.79 Å². The average molecular weight is 570 g/mol. The zero-order valence-electron chi connectivity index (χ0n) is 23.2. The van der Waals surface area contributed by atoms with Crippen LogP contribution in [0.3, 0.4) is 0 Å². The summed E-state index contributed by atoms with van der Waals surface area (Å²) in [6.45, 7) is 3.74. The first-order chi connectivity index (χ1) is 19.6. The summed E-state index contributed by atoms with van der Waals surface area (Å²) < 4.78 is 56.0. The van der Waals surface area contributed by atoms with E-state index in [2.05, 4.69) is 22.4 Å². The van der Waals surface area contributed by atoms with Gasteiger partial charge in [-0.1, -0.05) is 12.1 Å². The number of amides is 1. The standard InChI is InChI=1S/C30H34F3N5O3/c1-29(7-4-8-29)34-15-19-11-24-25(26(12-19)30(31,32)33)16-38(28(24)39)21-6-3-5-20(13-21)23(27-36-35-18-37(27)2)14-22-17-40-9-10-41-22/h3,5-6,11-13,18,22-23,34H,4,7-10,14-17H2,1-2H3/t22-,23?/m0/s1. The lowest BCUT2D eigenvalue weighted by molar-refractivity contribution is -0.138. The Morgan fingerprint density at radius 2 is 2.02 bits per heavy atom. The summed E-state index contributed by atoms with van der Waals surface area (Å²) in [5.41, 5.74) is 1.18. The Morgan fingerprint density at radius 1 is 1.20 bits per heavy atom. The molecule has 0 bridgehead atoms. The van der Waals surface area contributed by atoms with Gasteiger partial charge in [0.25, 0.3) is 5.91 Å². The number of ether oxygens (including phenoxy) is 2. The molecule has 2 fully saturated rings. The van der Waals surface area contributed by atoms with Crippen LogP contribution >= 0.6 is 0 Å². The molecule has 11 heteroatoms. The molecule has 1 aliphatic carbocycles. The van der Waals surface area contributed by atoms with Gasteiger partial charge in [-0.15, -0.1) is 10.2 Å². The number of benzene rings is 2. The normalized spacial score (nSPS) is 21.0. The number of fused-ring (bicyclic) bond motifs is 1. The number of aryl methyl sites for hydroxylation is 1. The molecule has 2 aromatic carbocycles. The van der Waals surface area contributed by atoms with Crippen molar-refractivity contribution in [3.05, 3.63) is 76.4 Å². The average Bonchev–Trinajstić information content (AvgIpc) is 3.51. The van der Waals surface area contributed by atoms with Gasteiger partial charge in [0.1, 0.15) is 12.2 Å². The molecule has 3 heterocycles. The van der Waals surface area contributed by atoms with Crippen molar-refractivity contribution in [1.29, 1.82) is 0 Å². The van der Waals surface area contributed by atoms with Crippen LogP contribution in [0.5, 0.6) is 0 Å². The second-order valence-electron chi connectivity index (χ2n) is 11.6. The molecule has 1 amide bonds. The fourth-order valence-electron chi connectivity index (χ4n) is 6.07. The Morgan fingerprint density at radius 3 is 2.68 bits per heavy atom. The van der Waals surface area contributed by atoms with Crippen LogP contribution in [0.1, 0.15) is 77.0 Å². The van der Waals surface area contributed by atoms with Gasteiger partial charge in [-0.2, -0.15) is 13.2 Å². The minimum Gasteiger partial charge on any atom is -0.376 e. The molecular weight excluding hydrogens is 535 g/mol. The molecule has 1 saturated heterocycles. The molecule has 1 aromatic heterocycles. The van der Waals surface area contributed by atoms with E-state index in [9.17, 15) is 18.0 Å². The van der Waals surface area contributed by atoms with E-state index in [1.807, 2.05) is 29.8 Å². The quantitative estimate of drug-likeness (QED) is 0.413. The third-order valence-electron chi connectivity index (χ3n) is 8.61. The maximum atomic E-state index is 14.2. The van der Waals surface area contributed by atoms with Crippen LogP contribution in [-0.2, 0) is 35.8 Å². The van der Waals surface area contributed by atoms with E-state index in [0.717, 1.165) is 30.7 Å². The minimum absolute atomic E-state index is 0.0177. The largest absolute Gasteiger partial charge is 0.416 e. The van der Waals surface area contributed by atoms with Crippen molar-refractivity contribution in [1.82, 2.24) is 20.1 Å². The first-order valence-electron chi connectivity index (χ1n) is 14.0. The predicted octanol–water partition coefficient (Wildman–Crippen LogP) is 4.96. The Hall–Kier alpha value is -3.28. The number of rotatable bonds is 8. The number of aromatic nitrogens is 3. The molecule has 0 radical (unpaired) electrons. The van der Waals surface area contributed by atoms with Crippen molar-refractivity contribution in [3.8, 4) is 0 Å². The summed E-state index contributed by atoms with van der Waals surface area (Å²) >= 11 is 0. The lowest BCUT2D eigenvalue weighted by Crippen LogP contribution is -2.47. The zero-order chi connectivity index (χ0) is 28.8. The first-order valence-corrected chi connectivity index (χ1v) is 14.0. The van der Waals surface area contributed by atoms with E-state index in [4.69, 9.17) is 9.47 Å². The van der Waals surface area contributed by atoms with Gasteiger partial charge in [0.15, 0.2) is 0 Å². The van der Waals surface area contributed by atoms with Gasteiger partial charge in [0, 0.05) is 36.3 Å². The molecule has 1 saturated carbocycles. The van der Waals surface area contributed by atoms with Gasteiger partial charge < -0.3 is 24.3 Å². The van der Waals surface area contributed by atoms with Crippen LogP contribution in [0.4, 0.5) is 18.9 Å². The van der Waals surface area contributed by atoms with Crippen LogP contribution in [0.2, 0.25) is 0 Å². The van der Waals surface area contributed by atoms with Crippen LogP contribution in [0, 0.1) is 0 Å². The van der Waals surface area contributed by atoms with Gasteiger partial charge in [0.2, 0.25) is 0 Å². The molecule has 41 heavy (non-hydrogen) atoms. The molecule has 3 aliphatic rings. The van der Waals surface area contributed by atoms with E-state index in [1.54, 1.807) is 18.5 Å². The number of carbonyl (C=O) groups excluding carboxylic acids is 1. The van der Waals surface area contributed by atoms with Crippen LogP contribution in [0.25, 0.3) is 0 Å². The molecular formula is C30H34F3N5O3. The monoisotopic (exact) mass is 569 g/mol. The summed E-state index contributed by atoms with van der Waals surface area (Å²) in [5, 5.41) is 11.8. The highest BCUT2D eigenvalue weighted by atomic mass is 19.4. The van der Waals surface area contributed by atoms with E-state index in [1.165, 1.54) is 11.0 Å². The lowest BCUT2D eigenvalue weighted by Gasteiger charge is -2.39. The lowest BCUT2D eigenvalue weighted by atomic mass is 9.78. The van der Waals surface area contributed by atoms with Crippen molar-refractivity contribution < 1.29 is 27.4 Å². The Labute approximate surface area is 236 Å². The van der Waals surface area contributed by atoms with Gasteiger partial charge >= 0.3 is 6.18 Å². The molecule has 3 aromatic rings. The molecule has 8 nitrogen and oxygen atoms in total. The molecule has 1 N–H and O–H groups in total. The molecule has 2 atom stereocenters. The minimum atomic E-state index is -4.57. The predicted molar refractivity (Wildman–Crippen MR) is 146 cm³/mol. The van der Waals surface area contributed by atoms with Crippen LogP contribution < -0.4 is 10.2 Å². The van der Waals surface area contributed by atoms with Crippen molar-refractivity contribution in [3.63, 3.8) is 0 Å². The number of nitrogens with one attached hydrogen (secondary N) is 1. The molecule has 0 spiro atoms. The number of anilines is 1. The van der Waals surface area contributed by atoms with Crippen molar-refractivity contribution in [2.45, 2.75) is 69.4 Å². The second-order valence-corrected chi connectivity index (χ2v) is 11.6. The topological polar surface area (TPSA) is 81.5 Å². The smallest absolute Gasteiger partial charge is 0.376 e. The summed E-state index contributed by atoms with van der Waals surface area (Å²) in [6, 6.07) is 10.2. The SMILES string of the molecule is Cn1cnnc1C(C[C@H]1COCCO1)c1cccc(N2Cc3c(cc(CNC4(C)CCC4)cc3C(F)(F)F)C2=O)c1. The Bertz CT molecular complexity index is 1430. The van der Waals surface area contributed by atoms with Gasteiger partial charge in [-0.05, 0) is 73.6 Å². The van der Waals surface area contributed by atoms with Gasteiger partial charge in [-0.25, -0.2) is 0 Å². The number of halogens is 3. The fraction of sp³-hybridized carbons (Fsp3) is 0.500. The highest BCUT2D eigenvalue weighted by Gasteiger charge is 2.41. The number of hydrogen-bond donors (Lipinski definition) is 1. The molecule has 6 rings (SSSR count). The Balaban J connectivity index is 1.31. The number of alkyl halides is 3. The van der Waals surface area contributed by atoms with Crippen molar-refractivity contribution >= 4 is 11.6 Å². The number of carbonyl (C=O) groups is 1. The summed E-state index contributed by atoms with van der Waals surface area (Å²) in [5.74, 6) is 0.0770. The maximum absolute atomic E-state index is 14.2. The highest BCUT2D eigenvalue weighted by Crippen LogP contribution is 2.41. The zero-order valence-corrected chi connectivity index (χ0v) is 23.2. The second kappa shape index (κ2) is 10.8. The fourth-order valence-corrected chi connectivity index (χ4v) is 6.07. The Kier molecular flexibility index (Phi) is 7.37. The third-order valence-corrected chi connectivity index (χ3v) is 8.61. The van der Waals surface area contributed by atoms with E-state index < -0.39 is 17.6 Å². The maximum Gasteiger partial charge on any atom is 0.416 e. The number of nitrogens with zero attached hydrogens (tertiary/aromatic N) is 4. The van der Waals surface area contributed by atoms with E-state index in [-0.39, 0.29) is 41.8 Å². The summed E-state index contributed by atoms with van der Waals surface area (Å²) in [4.78, 5) is 15.1. The van der Waals surface area contributed by atoms with Crippen molar-refractivity contribution in [2.24, 2.45) is 7.05 Å². The summed E-state index contributed by atoms with van der Waals surface area (Å²) in [6.07, 6.45) is 0.573. The summed E-state index contributed by atoms with van der Waals surface area (Å²) in [7, 11) is 1.86.